The van der Waals surface area contributed by atoms with Crippen LogP contribution in [0.3, 0.4) is 0 Å². The maximum atomic E-state index is 13.5. The third kappa shape index (κ3) is 7.41. The van der Waals surface area contributed by atoms with E-state index in [1.807, 2.05) is 4.72 Å². The molecule has 0 bridgehead atoms. The van der Waals surface area contributed by atoms with E-state index in [0.717, 1.165) is 10.1 Å². The number of aromatic nitrogens is 3. The van der Waals surface area contributed by atoms with Crippen molar-refractivity contribution in [3.63, 3.8) is 0 Å². The third-order valence-electron chi connectivity index (χ3n) is 5.61. The van der Waals surface area contributed by atoms with Crippen molar-refractivity contribution in [3.8, 4) is 11.6 Å². The fourth-order valence-corrected chi connectivity index (χ4v) is 4.14. The Morgan fingerprint density at radius 2 is 1.79 bits per heavy atom. The Balaban J connectivity index is 1.65. The van der Waals surface area contributed by atoms with Gasteiger partial charge in [-0.1, -0.05) is 36.7 Å². The standard InChI is InChI=1S/C26H24ClN5O6S/c1-17(25(34)30-39(36)37)15-32-24(33)14-22(31(26(32)35)16-18-5-7-19(27)8-6-18)29-20-9-11-21(12-10-20)38-23-4-2-3-13-28-23/h2-14,17,29H,15-16H2,1H3,(H,30,34)(H,36,37). The van der Waals surface area contributed by atoms with Gasteiger partial charge in [-0.25, -0.2) is 14.0 Å². The summed E-state index contributed by atoms with van der Waals surface area (Å²) in [6.45, 7) is 1.25. The van der Waals surface area contributed by atoms with Crippen LogP contribution < -0.4 is 26.0 Å². The minimum Gasteiger partial charge on any atom is -0.439 e. The lowest BCUT2D eigenvalue weighted by atomic mass is 10.1. The number of nitrogens with zero attached hydrogens (tertiary/aromatic N) is 3. The van der Waals surface area contributed by atoms with Crippen molar-refractivity contribution in [1.82, 2.24) is 18.8 Å². The average Bonchev–Trinajstić information content (AvgIpc) is 2.91. The fourth-order valence-electron chi connectivity index (χ4n) is 3.64. The molecule has 0 saturated heterocycles. The molecule has 0 fully saturated rings. The Kier molecular flexibility index (Phi) is 8.92. The zero-order valence-electron chi connectivity index (χ0n) is 20.6. The number of carbonyl (C=O) groups is 1. The van der Waals surface area contributed by atoms with Gasteiger partial charge in [0, 0.05) is 35.6 Å². The topological polar surface area (TPSA) is 145 Å². The minimum atomic E-state index is -2.56. The number of ether oxygens (including phenoxy) is 1. The molecule has 0 saturated carbocycles. The summed E-state index contributed by atoms with van der Waals surface area (Å²) in [5.74, 6) is -0.498. The molecule has 0 aliphatic heterocycles. The Bertz CT molecular complexity index is 1590. The first-order valence-electron chi connectivity index (χ1n) is 11.7. The number of rotatable bonds is 10. The summed E-state index contributed by atoms with van der Waals surface area (Å²) >= 11 is 3.44. The fraction of sp³-hybridized carbons (Fsp3) is 0.154. The Labute approximate surface area is 230 Å². The van der Waals surface area contributed by atoms with Gasteiger partial charge in [-0.05, 0) is 48.0 Å². The molecule has 11 nitrogen and oxygen atoms in total. The number of anilines is 2. The predicted molar refractivity (Wildman–Crippen MR) is 148 cm³/mol. The van der Waals surface area contributed by atoms with Crippen LogP contribution in [-0.2, 0) is 29.2 Å². The molecule has 3 N–H and O–H groups in total. The molecule has 202 valence electrons. The second-order valence-corrected chi connectivity index (χ2v) is 9.65. The first-order chi connectivity index (χ1) is 18.7. The summed E-state index contributed by atoms with van der Waals surface area (Å²) in [7, 11) is 0. The predicted octanol–water partition coefficient (Wildman–Crippen LogP) is 3.53. The van der Waals surface area contributed by atoms with Crippen LogP contribution in [-0.4, -0.2) is 28.8 Å². The minimum absolute atomic E-state index is 0.0979. The van der Waals surface area contributed by atoms with E-state index in [1.165, 1.54) is 17.6 Å². The molecule has 4 aromatic rings. The summed E-state index contributed by atoms with van der Waals surface area (Å²) in [6, 6.07) is 20.3. The van der Waals surface area contributed by atoms with E-state index < -0.39 is 34.3 Å². The highest BCUT2D eigenvalue weighted by atomic mass is 35.5. The van der Waals surface area contributed by atoms with Crippen molar-refractivity contribution in [2.45, 2.75) is 20.0 Å². The van der Waals surface area contributed by atoms with Gasteiger partial charge in [0.15, 0.2) is 0 Å². The Morgan fingerprint density at radius 3 is 2.44 bits per heavy atom. The lowest BCUT2D eigenvalue weighted by Gasteiger charge is -2.18. The quantitative estimate of drug-likeness (QED) is 0.246. The largest absolute Gasteiger partial charge is 0.439 e. The van der Waals surface area contributed by atoms with Crippen molar-refractivity contribution in [2.24, 2.45) is 5.92 Å². The smallest absolute Gasteiger partial charge is 0.332 e. The highest BCUT2D eigenvalue weighted by Crippen LogP contribution is 2.23. The first kappa shape index (κ1) is 27.8. The van der Waals surface area contributed by atoms with Gasteiger partial charge in [0.25, 0.3) is 16.8 Å². The number of hydrogen-bond acceptors (Lipinski definition) is 7. The van der Waals surface area contributed by atoms with E-state index in [1.54, 1.807) is 72.9 Å². The van der Waals surface area contributed by atoms with Gasteiger partial charge in [0.1, 0.15) is 11.6 Å². The van der Waals surface area contributed by atoms with Crippen molar-refractivity contribution >= 4 is 40.3 Å². The Hall–Kier alpha value is -4.26. The second-order valence-electron chi connectivity index (χ2n) is 8.51. The molecule has 0 radical (unpaired) electrons. The molecule has 2 heterocycles. The van der Waals surface area contributed by atoms with Gasteiger partial charge in [0.05, 0.1) is 12.5 Å². The zero-order valence-corrected chi connectivity index (χ0v) is 22.2. The Morgan fingerprint density at radius 1 is 1.08 bits per heavy atom. The molecular weight excluding hydrogens is 546 g/mol. The van der Waals surface area contributed by atoms with Gasteiger partial charge in [-0.2, -0.15) is 0 Å². The normalized spacial score (nSPS) is 12.4. The molecule has 39 heavy (non-hydrogen) atoms. The van der Waals surface area contributed by atoms with Gasteiger partial charge < -0.3 is 10.1 Å². The van der Waals surface area contributed by atoms with Crippen molar-refractivity contribution in [2.75, 3.05) is 5.32 Å². The van der Waals surface area contributed by atoms with Crippen LogP contribution >= 0.6 is 11.6 Å². The maximum absolute atomic E-state index is 13.5. The van der Waals surface area contributed by atoms with Crippen LogP contribution in [0.15, 0.2) is 88.6 Å². The number of hydrogen-bond donors (Lipinski definition) is 3. The van der Waals surface area contributed by atoms with E-state index in [2.05, 4.69) is 10.3 Å². The van der Waals surface area contributed by atoms with Gasteiger partial charge in [-0.3, -0.25) is 28.0 Å². The molecule has 2 aromatic heterocycles. The van der Waals surface area contributed by atoms with Crippen molar-refractivity contribution < 1.29 is 18.3 Å². The number of halogens is 1. The van der Waals surface area contributed by atoms with Crippen LogP contribution in [0.25, 0.3) is 0 Å². The maximum Gasteiger partial charge on any atom is 0.332 e. The van der Waals surface area contributed by atoms with Crippen LogP contribution in [0.4, 0.5) is 11.5 Å². The van der Waals surface area contributed by atoms with E-state index in [4.69, 9.17) is 20.9 Å². The molecule has 2 aromatic carbocycles. The molecule has 4 rings (SSSR count). The van der Waals surface area contributed by atoms with Crippen LogP contribution in [0, 0.1) is 5.92 Å². The number of pyridine rings is 1. The summed E-state index contributed by atoms with van der Waals surface area (Å²) in [5.41, 5.74) is 0.0211. The molecule has 2 unspecified atom stereocenters. The average molecular weight is 570 g/mol. The third-order valence-corrected chi connectivity index (χ3v) is 6.24. The van der Waals surface area contributed by atoms with Crippen LogP contribution in [0.1, 0.15) is 12.5 Å². The molecule has 2 atom stereocenters. The van der Waals surface area contributed by atoms with Gasteiger partial charge in [-0.15, -0.1) is 0 Å². The van der Waals surface area contributed by atoms with Gasteiger partial charge in [0.2, 0.25) is 11.8 Å². The van der Waals surface area contributed by atoms with E-state index in [0.29, 0.717) is 22.3 Å². The molecule has 0 aliphatic rings. The highest BCUT2D eigenvalue weighted by molar-refractivity contribution is 7.77. The van der Waals surface area contributed by atoms with Crippen molar-refractivity contribution in [1.29, 1.82) is 0 Å². The first-order valence-corrected chi connectivity index (χ1v) is 13.1. The number of amides is 1. The second kappa shape index (κ2) is 12.5. The van der Waals surface area contributed by atoms with E-state index in [9.17, 15) is 18.6 Å². The summed E-state index contributed by atoms with van der Waals surface area (Å²) in [6.07, 6.45) is 1.62. The molecule has 0 spiro atoms. The zero-order chi connectivity index (χ0) is 27.9. The SMILES string of the molecule is CC(Cn1c(=O)cc(Nc2ccc(Oc3ccccn3)cc2)n(Cc2ccc(Cl)cc2)c1=O)C(=O)NS(=O)O. The lowest BCUT2D eigenvalue weighted by Crippen LogP contribution is -2.44. The van der Waals surface area contributed by atoms with Crippen molar-refractivity contribution in [3.05, 3.63) is 110 Å². The highest BCUT2D eigenvalue weighted by Gasteiger charge is 2.20. The number of benzene rings is 2. The van der Waals surface area contributed by atoms with E-state index >= 15 is 0 Å². The summed E-state index contributed by atoms with van der Waals surface area (Å²) in [5, 5.41) is 3.64. The summed E-state index contributed by atoms with van der Waals surface area (Å²) < 4.78 is 29.7. The molecule has 13 heteroatoms. The summed E-state index contributed by atoms with van der Waals surface area (Å²) in [4.78, 5) is 42.7. The molecule has 1 amide bonds. The monoisotopic (exact) mass is 569 g/mol. The van der Waals surface area contributed by atoms with Crippen LogP contribution in [0.2, 0.25) is 5.02 Å². The van der Waals surface area contributed by atoms with E-state index in [-0.39, 0.29) is 18.9 Å². The lowest BCUT2D eigenvalue weighted by molar-refractivity contribution is -0.123. The number of nitrogens with one attached hydrogen (secondary N) is 2. The van der Waals surface area contributed by atoms with Crippen LogP contribution in [0.5, 0.6) is 11.6 Å². The molecule has 0 aliphatic carbocycles. The molecular formula is C26H24ClN5O6S. The number of carbonyl (C=O) groups excluding carboxylic acids is 1. The van der Waals surface area contributed by atoms with Gasteiger partial charge >= 0.3 is 5.69 Å².